The average molecular weight is 356 g/mol. The van der Waals surface area contributed by atoms with Crippen molar-refractivity contribution in [2.24, 2.45) is 0 Å². The molecule has 0 radical (unpaired) electrons. The standard InChI is InChI=1S/C14H12BrClN2O2/c1-9-4-11(15)6-13(5-9)17-8-10-2-3-12(16)7-14(10)18(19)20/h2-7,17H,8H2,1H3. The maximum absolute atomic E-state index is 11.0. The molecule has 0 amide bonds. The van der Waals surface area contributed by atoms with Gasteiger partial charge in [0.2, 0.25) is 0 Å². The second kappa shape index (κ2) is 6.24. The van der Waals surface area contributed by atoms with E-state index in [4.69, 9.17) is 11.6 Å². The molecule has 2 aromatic carbocycles. The number of benzene rings is 2. The molecule has 20 heavy (non-hydrogen) atoms. The van der Waals surface area contributed by atoms with Gasteiger partial charge in [-0.1, -0.05) is 27.5 Å². The van der Waals surface area contributed by atoms with Crippen molar-refractivity contribution in [3.05, 3.63) is 67.1 Å². The smallest absolute Gasteiger partial charge is 0.275 e. The van der Waals surface area contributed by atoms with Crippen LogP contribution in [0.3, 0.4) is 0 Å². The Hall–Kier alpha value is -1.59. The Bertz CT molecular complexity index is 641. The lowest BCUT2D eigenvalue weighted by molar-refractivity contribution is -0.385. The number of nitro groups is 1. The largest absolute Gasteiger partial charge is 0.381 e. The first-order valence-corrected chi connectivity index (χ1v) is 7.06. The number of aryl methyl sites for hydroxylation is 1. The molecule has 6 heteroatoms. The molecule has 0 aliphatic rings. The average Bonchev–Trinajstić information content (AvgIpc) is 2.36. The van der Waals surface area contributed by atoms with Gasteiger partial charge in [-0.15, -0.1) is 0 Å². The van der Waals surface area contributed by atoms with Gasteiger partial charge in [0, 0.05) is 33.4 Å². The van der Waals surface area contributed by atoms with Gasteiger partial charge in [0.25, 0.3) is 5.69 Å². The number of rotatable bonds is 4. The van der Waals surface area contributed by atoms with Gasteiger partial charge >= 0.3 is 0 Å². The van der Waals surface area contributed by atoms with Crippen molar-refractivity contribution < 1.29 is 4.92 Å². The zero-order chi connectivity index (χ0) is 14.7. The summed E-state index contributed by atoms with van der Waals surface area (Å²) >= 11 is 9.21. The number of nitro benzene ring substituents is 1. The first kappa shape index (κ1) is 14.8. The molecule has 2 aromatic rings. The van der Waals surface area contributed by atoms with Crippen LogP contribution in [0.25, 0.3) is 0 Å². The lowest BCUT2D eigenvalue weighted by Gasteiger charge is -2.09. The lowest BCUT2D eigenvalue weighted by atomic mass is 10.1. The summed E-state index contributed by atoms with van der Waals surface area (Å²) in [6.07, 6.45) is 0. The van der Waals surface area contributed by atoms with Gasteiger partial charge in [0.1, 0.15) is 0 Å². The van der Waals surface area contributed by atoms with Crippen LogP contribution >= 0.6 is 27.5 Å². The van der Waals surface area contributed by atoms with E-state index >= 15 is 0 Å². The molecule has 0 saturated carbocycles. The number of hydrogen-bond acceptors (Lipinski definition) is 3. The Balaban J connectivity index is 2.20. The Morgan fingerprint density at radius 3 is 2.70 bits per heavy atom. The lowest BCUT2D eigenvalue weighted by Crippen LogP contribution is -2.03. The molecule has 0 heterocycles. The SMILES string of the molecule is Cc1cc(Br)cc(NCc2ccc(Cl)cc2[N+](=O)[O-])c1. The molecule has 0 aromatic heterocycles. The molecule has 1 N–H and O–H groups in total. The molecule has 104 valence electrons. The predicted molar refractivity (Wildman–Crippen MR) is 84.3 cm³/mol. The van der Waals surface area contributed by atoms with E-state index in [0.29, 0.717) is 17.1 Å². The Morgan fingerprint density at radius 2 is 2.05 bits per heavy atom. The Kier molecular flexibility index (Phi) is 4.62. The third-order valence-electron chi connectivity index (χ3n) is 2.77. The van der Waals surface area contributed by atoms with Crippen LogP contribution in [0.2, 0.25) is 5.02 Å². The fraction of sp³-hybridized carbons (Fsp3) is 0.143. The molecule has 0 aliphatic carbocycles. The number of hydrogen-bond donors (Lipinski definition) is 1. The molecule has 2 rings (SSSR count). The Labute approximate surface area is 130 Å². The highest BCUT2D eigenvalue weighted by Crippen LogP contribution is 2.25. The van der Waals surface area contributed by atoms with Crippen LogP contribution in [0.15, 0.2) is 40.9 Å². The van der Waals surface area contributed by atoms with E-state index in [1.165, 1.54) is 6.07 Å². The summed E-state index contributed by atoms with van der Waals surface area (Å²) in [5.74, 6) is 0. The van der Waals surface area contributed by atoms with Crippen molar-refractivity contribution in [3.8, 4) is 0 Å². The molecule has 0 atom stereocenters. The van der Waals surface area contributed by atoms with Crippen LogP contribution in [0.4, 0.5) is 11.4 Å². The summed E-state index contributed by atoms with van der Waals surface area (Å²) < 4.78 is 0.964. The van der Waals surface area contributed by atoms with E-state index in [-0.39, 0.29) is 5.69 Å². The van der Waals surface area contributed by atoms with Crippen molar-refractivity contribution >= 4 is 38.9 Å². The van der Waals surface area contributed by atoms with Crippen molar-refractivity contribution in [1.82, 2.24) is 0 Å². The molecule has 0 saturated heterocycles. The monoisotopic (exact) mass is 354 g/mol. The molecule has 4 nitrogen and oxygen atoms in total. The normalized spacial score (nSPS) is 10.3. The van der Waals surface area contributed by atoms with E-state index in [9.17, 15) is 10.1 Å². The topological polar surface area (TPSA) is 55.2 Å². The van der Waals surface area contributed by atoms with Gasteiger partial charge in [-0.3, -0.25) is 10.1 Å². The van der Waals surface area contributed by atoms with Gasteiger partial charge in [-0.05, 0) is 42.8 Å². The summed E-state index contributed by atoms with van der Waals surface area (Å²) in [7, 11) is 0. The number of nitrogens with one attached hydrogen (secondary N) is 1. The van der Waals surface area contributed by atoms with Gasteiger partial charge in [-0.2, -0.15) is 0 Å². The second-order valence-corrected chi connectivity index (χ2v) is 5.75. The fourth-order valence-corrected chi connectivity index (χ4v) is 2.67. The van der Waals surface area contributed by atoms with Crippen LogP contribution < -0.4 is 5.32 Å². The number of anilines is 1. The second-order valence-electron chi connectivity index (χ2n) is 4.40. The van der Waals surface area contributed by atoms with Crippen LogP contribution in [0.5, 0.6) is 0 Å². The highest BCUT2D eigenvalue weighted by atomic mass is 79.9. The maximum atomic E-state index is 11.0. The molecule has 0 unspecified atom stereocenters. The van der Waals surface area contributed by atoms with Crippen molar-refractivity contribution in [1.29, 1.82) is 0 Å². The van der Waals surface area contributed by atoms with Crippen molar-refractivity contribution in [2.75, 3.05) is 5.32 Å². The summed E-state index contributed by atoms with van der Waals surface area (Å²) in [6, 6.07) is 10.6. The zero-order valence-corrected chi connectivity index (χ0v) is 13.0. The summed E-state index contributed by atoms with van der Waals surface area (Å²) in [5, 5.41) is 14.5. The minimum absolute atomic E-state index is 0.0247. The van der Waals surface area contributed by atoms with Crippen molar-refractivity contribution in [3.63, 3.8) is 0 Å². The molecule has 0 aliphatic heterocycles. The van der Waals surface area contributed by atoms with Crippen LogP contribution in [0.1, 0.15) is 11.1 Å². The third-order valence-corrected chi connectivity index (χ3v) is 3.46. The highest BCUT2D eigenvalue weighted by molar-refractivity contribution is 9.10. The molecule has 0 bridgehead atoms. The minimum atomic E-state index is -0.422. The summed E-state index contributed by atoms with van der Waals surface area (Å²) in [5.41, 5.74) is 2.63. The van der Waals surface area contributed by atoms with E-state index in [1.807, 2.05) is 25.1 Å². The molecular formula is C14H12BrClN2O2. The first-order valence-electron chi connectivity index (χ1n) is 5.89. The van der Waals surface area contributed by atoms with E-state index < -0.39 is 4.92 Å². The predicted octanol–water partition coefficient (Wildman–Crippen LogP) is 4.93. The summed E-state index contributed by atoms with van der Waals surface area (Å²) in [4.78, 5) is 10.6. The first-order chi connectivity index (χ1) is 9.45. The summed E-state index contributed by atoms with van der Waals surface area (Å²) in [6.45, 7) is 2.35. The van der Waals surface area contributed by atoms with Crippen LogP contribution in [-0.4, -0.2) is 4.92 Å². The number of halogens is 2. The zero-order valence-electron chi connectivity index (χ0n) is 10.7. The quantitative estimate of drug-likeness (QED) is 0.625. The molecule has 0 spiro atoms. The van der Waals surface area contributed by atoms with Gasteiger partial charge in [0.05, 0.1) is 4.92 Å². The molecular weight excluding hydrogens is 344 g/mol. The van der Waals surface area contributed by atoms with E-state index in [2.05, 4.69) is 21.2 Å². The fourth-order valence-electron chi connectivity index (χ4n) is 1.89. The maximum Gasteiger partial charge on any atom is 0.275 e. The van der Waals surface area contributed by atoms with Crippen molar-refractivity contribution in [2.45, 2.75) is 13.5 Å². The van der Waals surface area contributed by atoms with Gasteiger partial charge in [-0.25, -0.2) is 0 Å². The van der Waals surface area contributed by atoms with Crippen LogP contribution in [-0.2, 0) is 6.54 Å². The van der Waals surface area contributed by atoms with Gasteiger partial charge in [0.15, 0.2) is 0 Å². The van der Waals surface area contributed by atoms with E-state index in [1.54, 1.807) is 12.1 Å². The highest BCUT2D eigenvalue weighted by Gasteiger charge is 2.13. The molecule has 0 fully saturated rings. The third kappa shape index (κ3) is 3.71. The van der Waals surface area contributed by atoms with Gasteiger partial charge < -0.3 is 5.32 Å². The van der Waals surface area contributed by atoms with Crippen LogP contribution in [0, 0.1) is 17.0 Å². The number of nitrogens with zero attached hydrogens (tertiary/aromatic N) is 1. The Morgan fingerprint density at radius 1 is 1.30 bits per heavy atom. The minimum Gasteiger partial charge on any atom is -0.381 e. The van der Waals surface area contributed by atoms with E-state index in [0.717, 1.165) is 15.7 Å².